The van der Waals surface area contributed by atoms with Crippen LogP contribution >= 0.6 is 0 Å². The van der Waals surface area contributed by atoms with Crippen LogP contribution < -0.4 is 0 Å². The van der Waals surface area contributed by atoms with E-state index in [4.69, 9.17) is 5.11 Å². The van der Waals surface area contributed by atoms with Gasteiger partial charge in [-0.15, -0.1) is 0 Å². The Labute approximate surface area is 97.2 Å². The number of hydrogen-bond acceptors (Lipinski definition) is 3. The van der Waals surface area contributed by atoms with Crippen LogP contribution in [-0.4, -0.2) is 60.1 Å². The Balaban J connectivity index is 1.71. The van der Waals surface area contributed by atoms with Crippen molar-refractivity contribution in [3.8, 4) is 0 Å². The Bertz CT molecular complexity index is 239. The third-order valence-corrected chi connectivity index (χ3v) is 3.69. The molecule has 2 saturated heterocycles. The zero-order valence-electron chi connectivity index (χ0n) is 9.90. The van der Waals surface area contributed by atoms with E-state index >= 15 is 0 Å². The van der Waals surface area contributed by atoms with Crippen LogP contribution in [0.3, 0.4) is 0 Å². The van der Waals surface area contributed by atoms with E-state index in [1.165, 1.54) is 32.4 Å². The van der Waals surface area contributed by atoms with Gasteiger partial charge in [-0.05, 0) is 25.9 Å². The average Bonchev–Trinajstić information content (AvgIpc) is 2.69. The molecule has 1 atom stereocenters. The first-order valence-electron chi connectivity index (χ1n) is 6.40. The molecule has 0 aromatic heterocycles. The third-order valence-electron chi connectivity index (χ3n) is 3.69. The summed E-state index contributed by atoms with van der Waals surface area (Å²) in [4.78, 5) is 16.0. The van der Waals surface area contributed by atoms with Crippen molar-refractivity contribution in [2.75, 3.05) is 39.3 Å². The van der Waals surface area contributed by atoms with Crippen molar-refractivity contribution in [2.45, 2.75) is 25.7 Å². The lowest BCUT2D eigenvalue weighted by Gasteiger charge is -2.28. The predicted molar refractivity (Wildman–Crippen MR) is 62.1 cm³/mol. The number of hydrogen-bond donors (Lipinski definition) is 1. The topological polar surface area (TPSA) is 43.8 Å². The molecule has 92 valence electrons. The second-order valence-electron chi connectivity index (χ2n) is 4.99. The maximum absolute atomic E-state index is 11.6. The Morgan fingerprint density at radius 2 is 1.94 bits per heavy atom. The maximum atomic E-state index is 11.6. The van der Waals surface area contributed by atoms with Crippen LogP contribution in [0.5, 0.6) is 0 Å². The number of aliphatic hydroxyl groups excluding tert-OH is 1. The normalized spacial score (nSPS) is 27.7. The van der Waals surface area contributed by atoms with Gasteiger partial charge < -0.3 is 14.9 Å². The van der Waals surface area contributed by atoms with Gasteiger partial charge in [0.2, 0.25) is 5.91 Å². The largest absolute Gasteiger partial charge is 0.396 e. The average molecular weight is 226 g/mol. The highest BCUT2D eigenvalue weighted by atomic mass is 16.3. The fourth-order valence-corrected chi connectivity index (χ4v) is 2.64. The molecule has 1 unspecified atom stereocenters. The monoisotopic (exact) mass is 226 g/mol. The lowest BCUT2D eigenvalue weighted by Crippen LogP contribution is -2.38. The quantitative estimate of drug-likeness (QED) is 0.750. The molecule has 4 heteroatoms. The lowest BCUT2D eigenvalue weighted by atomic mass is 10.1. The molecule has 4 nitrogen and oxygen atoms in total. The number of carbonyl (C=O) groups excluding carboxylic acids is 1. The number of carbonyl (C=O) groups is 1. The summed E-state index contributed by atoms with van der Waals surface area (Å²) in [7, 11) is 0. The van der Waals surface area contributed by atoms with Crippen molar-refractivity contribution in [1.29, 1.82) is 0 Å². The fourth-order valence-electron chi connectivity index (χ4n) is 2.64. The molecule has 0 aromatic rings. The van der Waals surface area contributed by atoms with Crippen LogP contribution in [0.2, 0.25) is 0 Å². The van der Waals surface area contributed by atoms with Crippen LogP contribution in [0.25, 0.3) is 0 Å². The van der Waals surface area contributed by atoms with Crippen LogP contribution in [0, 0.1) is 5.92 Å². The van der Waals surface area contributed by atoms with Crippen LogP contribution in [-0.2, 0) is 4.79 Å². The molecular formula is C12H22N2O2. The molecular weight excluding hydrogens is 204 g/mol. The van der Waals surface area contributed by atoms with Gasteiger partial charge >= 0.3 is 0 Å². The maximum Gasteiger partial charge on any atom is 0.223 e. The van der Waals surface area contributed by atoms with Crippen molar-refractivity contribution >= 4 is 5.91 Å². The van der Waals surface area contributed by atoms with Crippen LogP contribution in [0.1, 0.15) is 25.7 Å². The first kappa shape index (κ1) is 11.9. The van der Waals surface area contributed by atoms with Crippen molar-refractivity contribution in [2.24, 2.45) is 5.92 Å². The first-order chi connectivity index (χ1) is 7.79. The summed E-state index contributed by atoms with van der Waals surface area (Å²) in [5.41, 5.74) is 0. The molecule has 1 N–H and O–H groups in total. The number of nitrogens with zero attached hydrogens (tertiary/aromatic N) is 2. The van der Waals surface area contributed by atoms with Gasteiger partial charge in [0.1, 0.15) is 0 Å². The van der Waals surface area contributed by atoms with E-state index in [1.54, 1.807) is 0 Å². The molecule has 0 aliphatic carbocycles. The second kappa shape index (κ2) is 5.64. The van der Waals surface area contributed by atoms with Gasteiger partial charge in [-0.3, -0.25) is 4.79 Å². The van der Waals surface area contributed by atoms with Gasteiger partial charge in [-0.1, -0.05) is 6.42 Å². The molecule has 0 spiro atoms. The van der Waals surface area contributed by atoms with Crippen molar-refractivity contribution in [3.63, 3.8) is 0 Å². The van der Waals surface area contributed by atoms with Crippen molar-refractivity contribution in [3.05, 3.63) is 0 Å². The highest BCUT2D eigenvalue weighted by Crippen LogP contribution is 2.17. The van der Waals surface area contributed by atoms with E-state index in [2.05, 4.69) is 4.90 Å². The smallest absolute Gasteiger partial charge is 0.223 e. The zero-order chi connectivity index (χ0) is 11.4. The summed E-state index contributed by atoms with van der Waals surface area (Å²) in [6.45, 7) is 5.12. The number of likely N-dealkylation sites (tertiary alicyclic amines) is 2. The molecule has 0 bridgehead atoms. The highest BCUT2D eigenvalue weighted by molar-refractivity contribution is 5.78. The third kappa shape index (κ3) is 2.95. The lowest BCUT2D eigenvalue weighted by molar-refractivity contribution is -0.127. The first-order valence-corrected chi connectivity index (χ1v) is 6.40. The number of rotatable bonds is 4. The SMILES string of the molecule is O=C1CC(CO)CN1CCN1CCCCC1. The summed E-state index contributed by atoms with van der Waals surface area (Å²) in [6.07, 6.45) is 4.49. The van der Waals surface area contributed by atoms with Crippen LogP contribution in [0.15, 0.2) is 0 Å². The predicted octanol–water partition coefficient (Wildman–Crippen LogP) is 0.313. The molecule has 1 amide bonds. The van der Waals surface area contributed by atoms with Gasteiger partial charge in [-0.25, -0.2) is 0 Å². The summed E-state index contributed by atoms with van der Waals surface area (Å²) in [6, 6.07) is 0. The van der Waals surface area contributed by atoms with E-state index in [-0.39, 0.29) is 18.4 Å². The number of aliphatic hydroxyl groups is 1. The fraction of sp³-hybridized carbons (Fsp3) is 0.917. The Kier molecular flexibility index (Phi) is 4.18. The molecule has 2 aliphatic heterocycles. The van der Waals surface area contributed by atoms with E-state index in [1.807, 2.05) is 4.90 Å². The van der Waals surface area contributed by atoms with E-state index in [9.17, 15) is 4.79 Å². The minimum Gasteiger partial charge on any atom is -0.396 e. The second-order valence-corrected chi connectivity index (χ2v) is 4.99. The van der Waals surface area contributed by atoms with Gasteiger partial charge in [0.15, 0.2) is 0 Å². The van der Waals surface area contributed by atoms with E-state index in [0.29, 0.717) is 6.42 Å². The van der Waals surface area contributed by atoms with Gasteiger partial charge in [-0.2, -0.15) is 0 Å². The van der Waals surface area contributed by atoms with E-state index in [0.717, 1.165) is 19.6 Å². The summed E-state index contributed by atoms with van der Waals surface area (Å²) < 4.78 is 0. The molecule has 0 saturated carbocycles. The summed E-state index contributed by atoms with van der Waals surface area (Å²) >= 11 is 0. The molecule has 2 rings (SSSR count). The minimum atomic E-state index is 0.145. The molecule has 0 aromatic carbocycles. The van der Waals surface area contributed by atoms with Crippen molar-refractivity contribution < 1.29 is 9.90 Å². The summed E-state index contributed by atoms with van der Waals surface area (Å²) in [5.74, 6) is 0.393. The zero-order valence-corrected chi connectivity index (χ0v) is 9.90. The van der Waals surface area contributed by atoms with Crippen molar-refractivity contribution in [1.82, 2.24) is 9.80 Å². The number of amides is 1. The van der Waals surface area contributed by atoms with Crippen LogP contribution in [0.4, 0.5) is 0 Å². The van der Waals surface area contributed by atoms with E-state index < -0.39 is 0 Å². The van der Waals surface area contributed by atoms with Gasteiger partial charge in [0.05, 0.1) is 0 Å². The van der Waals surface area contributed by atoms with Gasteiger partial charge in [0.25, 0.3) is 0 Å². The molecule has 16 heavy (non-hydrogen) atoms. The highest BCUT2D eigenvalue weighted by Gasteiger charge is 2.28. The molecule has 0 radical (unpaired) electrons. The Hall–Kier alpha value is -0.610. The number of piperidine rings is 1. The summed E-state index contributed by atoms with van der Waals surface area (Å²) in [5, 5.41) is 9.03. The standard InChI is InChI=1S/C12H22N2O2/c15-10-11-8-12(16)14(9-11)7-6-13-4-2-1-3-5-13/h11,15H,1-10H2. The molecule has 2 heterocycles. The Morgan fingerprint density at radius 3 is 2.56 bits per heavy atom. The molecule has 2 aliphatic rings. The van der Waals surface area contributed by atoms with Gasteiger partial charge in [0, 0.05) is 38.6 Å². The minimum absolute atomic E-state index is 0.145. The Morgan fingerprint density at radius 1 is 1.19 bits per heavy atom. The molecule has 2 fully saturated rings.